The van der Waals surface area contributed by atoms with Crippen LogP contribution in [0.5, 0.6) is 0 Å². The lowest BCUT2D eigenvalue weighted by atomic mass is 9.79. The molecule has 0 aliphatic heterocycles. The van der Waals surface area contributed by atoms with Crippen LogP contribution in [-0.4, -0.2) is 7.05 Å². The summed E-state index contributed by atoms with van der Waals surface area (Å²) < 4.78 is 1.23. The summed E-state index contributed by atoms with van der Waals surface area (Å²) in [6, 6.07) is 5.21. The van der Waals surface area contributed by atoms with Crippen LogP contribution in [0.2, 0.25) is 0 Å². The maximum Gasteiger partial charge on any atom is 0.0351 e. The fourth-order valence-corrected chi connectivity index (χ4v) is 4.90. The van der Waals surface area contributed by atoms with E-state index < -0.39 is 0 Å². The summed E-state index contributed by atoms with van der Waals surface area (Å²) in [7, 11) is 2.13. The predicted molar refractivity (Wildman–Crippen MR) is 84.4 cm³/mol. The molecule has 19 heavy (non-hydrogen) atoms. The van der Waals surface area contributed by atoms with Crippen molar-refractivity contribution in [1.82, 2.24) is 5.32 Å². The van der Waals surface area contributed by atoms with E-state index in [0.717, 1.165) is 17.8 Å². The monoisotopic (exact) mass is 321 g/mol. The first-order valence-corrected chi connectivity index (χ1v) is 8.33. The molecule has 1 nitrogen and oxygen atoms in total. The van der Waals surface area contributed by atoms with Crippen molar-refractivity contribution >= 4 is 15.9 Å². The van der Waals surface area contributed by atoms with Crippen molar-refractivity contribution in [1.29, 1.82) is 0 Å². The van der Waals surface area contributed by atoms with Crippen molar-refractivity contribution in [2.75, 3.05) is 7.05 Å². The SMILES string of the molecule is CNC(c1cc(C)c(Br)cc1C)C1CC2CCC1C2. The highest BCUT2D eigenvalue weighted by Crippen LogP contribution is 2.52. The van der Waals surface area contributed by atoms with Gasteiger partial charge in [-0.05, 0) is 80.7 Å². The molecule has 4 unspecified atom stereocenters. The Kier molecular flexibility index (Phi) is 3.74. The highest BCUT2D eigenvalue weighted by atomic mass is 79.9. The summed E-state index contributed by atoms with van der Waals surface area (Å²) in [5.74, 6) is 2.83. The van der Waals surface area contributed by atoms with Gasteiger partial charge in [-0.1, -0.05) is 28.4 Å². The Morgan fingerprint density at radius 1 is 1.16 bits per heavy atom. The van der Waals surface area contributed by atoms with Crippen LogP contribution < -0.4 is 5.32 Å². The van der Waals surface area contributed by atoms with Gasteiger partial charge in [-0.3, -0.25) is 0 Å². The van der Waals surface area contributed by atoms with E-state index in [4.69, 9.17) is 0 Å². The Hall–Kier alpha value is -0.340. The minimum Gasteiger partial charge on any atom is -0.313 e. The van der Waals surface area contributed by atoms with Crippen molar-refractivity contribution in [3.8, 4) is 0 Å². The van der Waals surface area contributed by atoms with Crippen LogP contribution in [0.15, 0.2) is 16.6 Å². The number of aryl methyl sites for hydroxylation is 2. The van der Waals surface area contributed by atoms with Gasteiger partial charge in [0.2, 0.25) is 0 Å². The van der Waals surface area contributed by atoms with Gasteiger partial charge in [0.15, 0.2) is 0 Å². The molecule has 0 aromatic heterocycles. The third-order valence-electron chi connectivity index (χ3n) is 5.41. The second-order valence-corrected chi connectivity index (χ2v) is 7.42. The molecule has 2 heteroatoms. The van der Waals surface area contributed by atoms with Crippen molar-refractivity contribution in [3.05, 3.63) is 33.3 Å². The summed E-state index contributed by atoms with van der Waals surface area (Å²) in [5, 5.41) is 3.62. The van der Waals surface area contributed by atoms with Crippen molar-refractivity contribution in [2.24, 2.45) is 17.8 Å². The van der Waals surface area contributed by atoms with E-state index >= 15 is 0 Å². The molecule has 3 rings (SSSR count). The highest BCUT2D eigenvalue weighted by Gasteiger charge is 2.43. The molecule has 2 saturated carbocycles. The second kappa shape index (κ2) is 5.21. The van der Waals surface area contributed by atoms with Crippen molar-refractivity contribution in [3.63, 3.8) is 0 Å². The number of halogens is 1. The molecular weight excluding hydrogens is 298 g/mol. The minimum atomic E-state index is 0.544. The van der Waals surface area contributed by atoms with Gasteiger partial charge in [-0.2, -0.15) is 0 Å². The Morgan fingerprint density at radius 2 is 1.95 bits per heavy atom. The zero-order valence-corrected chi connectivity index (χ0v) is 13.8. The highest BCUT2D eigenvalue weighted by molar-refractivity contribution is 9.10. The molecular formula is C17H24BrN. The van der Waals surface area contributed by atoms with Gasteiger partial charge < -0.3 is 5.32 Å². The molecule has 0 saturated heterocycles. The Morgan fingerprint density at radius 3 is 2.53 bits per heavy atom. The molecule has 1 aromatic carbocycles. The van der Waals surface area contributed by atoms with Gasteiger partial charge in [0.25, 0.3) is 0 Å². The van der Waals surface area contributed by atoms with E-state index in [0.29, 0.717) is 6.04 Å². The fourth-order valence-electron chi connectivity index (χ4n) is 4.44. The average molecular weight is 322 g/mol. The molecule has 0 heterocycles. The number of benzene rings is 1. The van der Waals surface area contributed by atoms with Crippen LogP contribution in [0.4, 0.5) is 0 Å². The van der Waals surface area contributed by atoms with E-state index in [1.165, 1.54) is 46.8 Å². The quantitative estimate of drug-likeness (QED) is 0.846. The maximum atomic E-state index is 3.65. The summed E-state index contributed by atoms with van der Waals surface area (Å²) in [6.07, 6.45) is 5.86. The summed E-state index contributed by atoms with van der Waals surface area (Å²) >= 11 is 3.65. The zero-order valence-electron chi connectivity index (χ0n) is 12.2. The third-order valence-corrected chi connectivity index (χ3v) is 6.27. The first-order valence-electron chi connectivity index (χ1n) is 7.54. The van der Waals surface area contributed by atoms with Crippen molar-refractivity contribution in [2.45, 2.75) is 45.6 Å². The molecule has 2 aliphatic carbocycles. The first-order chi connectivity index (χ1) is 9.10. The number of nitrogens with one attached hydrogen (secondary N) is 1. The molecule has 1 N–H and O–H groups in total. The molecule has 104 valence electrons. The average Bonchev–Trinajstić information content (AvgIpc) is 2.99. The molecule has 0 spiro atoms. The molecule has 1 aromatic rings. The van der Waals surface area contributed by atoms with Gasteiger partial charge in [0.05, 0.1) is 0 Å². The lowest BCUT2D eigenvalue weighted by molar-refractivity contribution is 0.259. The second-order valence-electron chi connectivity index (χ2n) is 6.56. The molecule has 2 fully saturated rings. The van der Waals surface area contributed by atoms with Crippen LogP contribution in [-0.2, 0) is 0 Å². The maximum absolute atomic E-state index is 3.65. The van der Waals surface area contributed by atoms with Crippen LogP contribution >= 0.6 is 15.9 Å². The van der Waals surface area contributed by atoms with Crippen LogP contribution in [0.1, 0.15) is 48.4 Å². The third kappa shape index (κ3) is 2.38. The lowest BCUT2D eigenvalue weighted by Gasteiger charge is -2.32. The van der Waals surface area contributed by atoms with E-state index in [-0.39, 0.29) is 0 Å². The predicted octanol–water partition coefficient (Wildman–Crippen LogP) is 4.76. The summed E-state index contributed by atoms with van der Waals surface area (Å²) in [6.45, 7) is 4.44. The topological polar surface area (TPSA) is 12.0 Å². The Bertz CT molecular complexity index is 482. The zero-order chi connectivity index (χ0) is 13.6. The Labute approximate surface area is 125 Å². The smallest absolute Gasteiger partial charge is 0.0351 e. The number of hydrogen-bond acceptors (Lipinski definition) is 1. The molecule has 2 bridgehead atoms. The molecule has 0 radical (unpaired) electrons. The lowest BCUT2D eigenvalue weighted by Crippen LogP contribution is -2.29. The largest absolute Gasteiger partial charge is 0.313 e. The number of hydrogen-bond donors (Lipinski definition) is 1. The molecule has 4 atom stereocenters. The van der Waals surface area contributed by atoms with E-state index in [1.807, 2.05) is 0 Å². The van der Waals surface area contributed by atoms with Crippen LogP contribution in [0, 0.1) is 31.6 Å². The van der Waals surface area contributed by atoms with E-state index in [2.05, 4.69) is 54.3 Å². The standard InChI is InChI=1S/C17H24BrN/c1-10-7-16(18)11(2)6-14(10)17(19-3)15-9-12-4-5-13(15)8-12/h6-7,12-13,15,17,19H,4-5,8-9H2,1-3H3. The van der Waals surface area contributed by atoms with Gasteiger partial charge in [0.1, 0.15) is 0 Å². The normalized spacial score (nSPS) is 30.8. The van der Waals surface area contributed by atoms with Crippen LogP contribution in [0.3, 0.4) is 0 Å². The molecule has 2 aliphatic rings. The van der Waals surface area contributed by atoms with Gasteiger partial charge >= 0.3 is 0 Å². The number of fused-ring (bicyclic) bond motifs is 2. The number of rotatable bonds is 3. The molecule has 0 amide bonds. The van der Waals surface area contributed by atoms with Gasteiger partial charge in [0, 0.05) is 10.5 Å². The van der Waals surface area contributed by atoms with Gasteiger partial charge in [-0.25, -0.2) is 0 Å². The van der Waals surface area contributed by atoms with Crippen LogP contribution in [0.25, 0.3) is 0 Å². The van der Waals surface area contributed by atoms with E-state index in [9.17, 15) is 0 Å². The first kappa shape index (κ1) is 13.6. The fraction of sp³-hybridized carbons (Fsp3) is 0.647. The minimum absolute atomic E-state index is 0.544. The Balaban J connectivity index is 1.92. The summed E-state index contributed by atoms with van der Waals surface area (Å²) in [5.41, 5.74) is 4.28. The summed E-state index contributed by atoms with van der Waals surface area (Å²) in [4.78, 5) is 0. The van der Waals surface area contributed by atoms with Gasteiger partial charge in [-0.15, -0.1) is 0 Å². The van der Waals surface area contributed by atoms with Crippen molar-refractivity contribution < 1.29 is 0 Å². The van der Waals surface area contributed by atoms with E-state index in [1.54, 1.807) is 0 Å².